The number of rotatable bonds is 7. The number of amides is 2. The van der Waals surface area contributed by atoms with Gasteiger partial charge in [-0.25, -0.2) is 0 Å². The Morgan fingerprint density at radius 3 is 2.69 bits per heavy atom. The number of halogens is 2. The summed E-state index contributed by atoms with van der Waals surface area (Å²) in [6.07, 6.45) is -0.198. The molecule has 29 heavy (non-hydrogen) atoms. The van der Waals surface area contributed by atoms with Crippen molar-refractivity contribution in [2.24, 2.45) is 0 Å². The van der Waals surface area contributed by atoms with E-state index in [4.69, 9.17) is 4.74 Å². The summed E-state index contributed by atoms with van der Waals surface area (Å²) in [6, 6.07) is 13.3. The fraction of sp³-hybridized carbons (Fsp3) is 0.211. The summed E-state index contributed by atoms with van der Waals surface area (Å²) in [7, 11) is 0. The van der Waals surface area contributed by atoms with Crippen molar-refractivity contribution in [3.8, 4) is 0 Å². The number of benzene rings is 2. The number of esters is 1. The molecular formula is C19H16F2N2O4S2. The summed E-state index contributed by atoms with van der Waals surface area (Å²) >= 11 is 1.56. The van der Waals surface area contributed by atoms with Gasteiger partial charge in [0.05, 0.1) is 23.0 Å². The van der Waals surface area contributed by atoms with Gasteiger partial charge in [-0.3, -0.25) is 14.4 Å². The molecule has 0 unspecified atom stereocenters. The van der Waals surface area contributed by atoms with Crippen molar-refractivity contribution < 1.29 is 27.9 Å². The second-order valence-corrected chi connectivity index (χ2v) is 8.16. The van der Waals surface area contributed by atoms with Crippen molar-refractivity contribution in [2.45, 2.75) is 27.2 Å². The second kappa shape index (κ2) is 9.75. The maximum Gasteiger partial charge on any atom is 0.307 e. The summed E-state index contributed by atoms with van der Waals surface area (Å²) < 4.78 is 30.1. The number of nitrogens with one attached hydrogen (secondary N) is 2. The maximum absolute atomic E-state index is 12.6. The molecular weight excluding hydrogens is 422 g/mol. The lowest BCUT2D eigenvalue weighted by Gasteiger charge is -2.23. The zero-order chi connectivity index (χ0) is 20.8. The van der Waals surface area contributed by atoms with E-state index < -0.39 is 29.5 Å². The monoisotopic (exact) mass is 438 g/mol. The first-order valence-electron chi connectivity index (χ1n) is 8.48. The molecule has 0 saturated heterocycles. The summed E-state index contributed by atoms with van der Waals surface area (Å²) in [5, 5.41) is 4.50. The van der Waals surface area contributed by atoms with Gasteiger partial charge in [0.1, 0.15) is 0 Å². The molecule has 0 spiro atoms. The SMILES string of the molecule is O=C(COC(=O)C[C@H]1Sc2ccccc2NC1=O)Nc1ccccc1SC(F)F. The van der Waals surface area contributed by atoms with Crippen molar-refractivity contribution in [3.63, 3.8) is 0 Å². The largest absolute Gasteiger partial charge is 0.456 e. The highest BCUT2D eigenvalue weighted by molar-refractivity contribution is 8.01. The molecule has 6 nitrogen and oxygen atoms in total. The Bertz CT molecular complexity index is 927. The Morgan fingerprint density at radius 1 is 1.17 bits per heavy atom. The van der Waals surface area contributed by atoms with E-state index in [0.717, 1.165) is 4.90 Å². The minimum absolute atomic E-state index is 0.198. The van der Waals surface area contributed by atoms with Gasteiger partial charge in [-0.15, -0.1) is 11.8 Å². The summed E-state index contributed by atoms with van der Waals surface area (Å²) in [5.41, 5.74) is 0.893. The number of thioether (sulfide) groups is 2. The van der Waals surface area contributed by atoms with Crippen LogP contribution in [0.1, 0.15) is 6.42 Å². The van der Waals surface area contributed by atoms with E-state index in [1.54, 1.807) is 24.3 Å². The molecule has 152 valence electrons. The van der Waals surface area contributed by atoms with E-state index in [2.05, 4.69) is 10.6 Å². The lowest BCUT2D eigenvalue weighted by atomic mass is 10.2. The molecule has 1 aliphatic rings. The Hall–Kier alpha value is -2.59. The molecule has 1 atom stereocenters. The number of carbonyl (C=O) groups is 3. The molecule has 1 aliphatic heterocycles. The van der Waals surface area contributed by atoms with Crippen LogP contribution < -0.4 is 10.6 Å². The average molecular weight is 438 g/mol. The molecule has 2 N–H and O–H groups in total. The van der Waals surface area contributed by atoms with Crippen LogP contribution in [0.25, 0.3) is 0 Å². The van der Waals surface area contributed by atoms with E-state index in [1.165, 1.54) is 23.9 Å². The first-order chi connectivity index (χ1) is 13.9. The quantitative estimate of drug-likeness (QED) is 0.502. The molecule has 2 amide bonds. The van der Waals surface area contributed by atoms with Gasteiger partial charge in [-0.2, -0.15) is 8.78 Å². The zero-order valence-electron chi connectivity index (χ0n) is 14.9. The van der Waals surface area contributed by atoms with Crippen molar-refractivity contribution in [1.82, 2.24) is 0 Å². The number of para-hydroxylation sites is 2. The molecule has 1 heterocycles. The van der Waals surface area contributed by atoms with Crippen LogP contribution in [0.4, 0.5) is 20.2 Å². The molecule has 3 rings (SSSR count). The fourth-order valence-corrected chi connectivity index (χ4v) is 4.23. The molecule has 2 aromatic rings. The third kappa shape index (κ3) is 5.94. The van der Waals surface area contributed by atoms with E-state index in [1.807, 2.05) is 12.1 Å². The Balaban J connectivity index is 1.50. The molecule has 0 bridgehead atoms. The number of hydrogen-bond acceptors (Lipinski definition) is 6. The van der Waals surface area contributed by atoms with Crippen LogP contribution in [0.15, 0.2) is 58.3 Å². The molecule has 0 saturated carbocycles. The first kappa shape index (κ1) is 21.1. The van der Waals surface area contributed by atoms with Crippen LogP contribution in [0, 0.1) is 0 Å². The first-order valence-corrected chi connectivity index (χ1v) is 10.2. The average Bonchev–Trinajstić information content (AvgIpc) is 2.68. The van der Waals surface area contributed by atoms with Crippen molar-refractivity contribution in [3.05, 3.63) is 48.5 Å². The van der Waals surface area contributed by atoms with E-state index in [0.29, 0.717) is 17.4 Å². The van der Waals surface area contributed by atoms with E-state index in [9.17, 15) is 23.2 Å². The van der Waals surface area contributed by atoms with Gasteiger partial charge in [0, 0.05) is 9.79 Å². The minimum Gasteiger partial charge on any atom is -0.456 e. The molecule has 2 aromatic carbocycles. The number of fused-ring (bicyclic) bond motifs is 1. The van der Waals surface area contributed by atoms with E-state index in [-0.39, 0.29) is 22.9 Å². The van der Waals surface area contributed by atoms with Crippen molar-refractivity contribution >= 4 is 52.7 Å². The van der Waals surface area contributed by atoms with E-state index >= 15 is 0 Å². The second-order valence-electron chi connectivity index (χ2n) is 5.88. The normalized spacial score (nSPS) is 15.4. The number of alkyl halides is 2. The zero-order valence-corrected chi connectivity index (χ0v) is 16.5. The molecule has 0 aromatic heterocycles. The number of ether oxygens (including phenoxy) is 1. The van der Waals surface area contributed by atoms with Gasteiger partial charge < -0.3 is 15.4 Å². The van der Waals surface area contributed by atoms with Gasteiger partial charge in [-0.05, 0) is 24.3 Å². The molecule has 10 heteroatoms. The van der Waals surface area contributed by atoms with Gasteiger partial charge >= 0.3 is 5.97 Å². The van der Waals surface area contributed by atoms with Crippen LogP contribution >= 0.6 is 23.5 Å². The third-order valence-corrected chi connectivity index (χ3v) is 5.86. The van der Waals surface area contributed by atoms with Gasteiger partial charge in [0.25, 0.3) is 11.7 Å². The van der Waals surface area contributed by atoms with Gasteiger partial charge in [-0.1, -0.05) is 36.0 Å². The number of anilines is 2. The van der Waals surface area contributed by atoms with Gasteiger partial charge in [0.15, 0.2) is 6.61 Å². The number of hydrogen-bond donors (Lipinski definition) is 2. The van der Waals surface area contributed by atoms with Crippen LogP contribution in [-0.2, 0) is 19.1 Å². The van der Waals surface area contributed by atoms with Crippen LogP contribution in [0.5, 0.6) is 0 Å². The summed E-state index contributed by atoms with van der Waals surface area (Å²) in [6.45, 7) is -0.581. The van der Waals surface area contributed by atoms with Crippen LogP contribution in [0.3, 0.4) is 0 Å². The van der Waals surface area contributed by atoms with Crippen LogP contribution in [-0.4, -0.2) is 35.4 Å². The lowest BCUT2D eigenvalue weighted by molar-refractivity contribution is -0.147. The maximum atomic E-state index is 12.6. The predicted molar refractivity (Wildman–Crippen MR) is 107 cm³/mol. The Morgan fingerprint density at radius 2 is 1.90 bits per heavy atom. The predicted octanol–water partition coefficient (Wildman–Crippen LogP) is 3.99. The highest BCUT2D eigenvalue weighted by atomic mass is 32.2. The smallest absolute Gasteiger partial charge is 0.307 e. The minimum atomic E-state index is -2.63. The van der Waals surface area contributed by atoms with Crippen LogP contribution in [0.2, 0.25) is 0 Å². The number of carbonyl (C=O) groups excluding carboxylic acids is 3. The fourth-order valence-electron chi connectivity index (χ4n) is 2.54. The Labute approximate surface area is 173 Å². The lowest BCUT2D eigenvalue weighted by Crippen LogP contribution is -2.32. The van der Waals surface area contributed by atoms with Gasteiger partial charge in [0.2, 0.25) is 5.91 Å². The molecule has 0 aliphatic carbocycles. The molecule has 0 radical (unpaired) electrons. The highest BCUT2D eigenvalue weighted by Gasteiger charge is 2.29. The molecule has 0 fully saturated rings. The highest BCUT2D eigenvalue weighted by Crippen LogP contribution is 2.36. The third-order valence-electron chi connectivity index (χ3n) is 3.80. The van der Waals surface area contributed by atoms with Crippen molar-refractivity contribution in [2.75, 3.05) is 17.2 Å². The standard InChI is InChI=1S/C19H16F2N2O4S2/c20-19(21)29-14-8-4-1-5-11(14)22-16(24)10-27-17(25)9-15-18(26)23-12-6-2-3-7-13(12)28-15/h1-8,15,19H,9-10H2,(H,22,24)(H,23,26)/t15-/m1/s1. The summed E-state index contributed by atoms with van der Waals surface area (Å²) in [4.78, 5) is 37.2. The summed E-state index contributed by atoms with van der Waals surface area (Å²) in [5.74, 6) is -4.31. The Kier molecular flexibility index (Phi) is 7.10. The topological polar surface area (TPSA) is 84.5 Å². The van der Waals surface area contributed by atoms with Crippen molar-refractivity contribution in [1.29, 1.82) is 0 Å².